The normalized spacial score (nSPS) is 14.4. The number of rotatable bonds is 11. The van der Waals surface area contributed by atoms with Gasteiger partial charge < -0.3 is 10.2 Å². The first-order valence-corrected chi connectivity index (χ1v) is 14.2. The van der Waals surface area contributed by atoms with E-state index in [4.69, 9.17) is 0 Å². The zero-order valence-corrected chi connectivity index (χ0v) is 23.2. The van der Waals surface area contributed by atoms with Crippen LogP contribution in [0.4, 0.5) is 0 Å². The zero-order valence-electron chi connectivity index (χ0n) is 23.2. The van der Waals surface area contributed by atoms with E-state index < -0.39 is 6.04 Å². The molecule has 2 amide bonds. The standard InChI is InChI=1S/C34H42N2O2/c1-25(2)30-20-17-27(18-21-30)19-22-33(37)36(24-29-15-13-26(3)14-16-29)32(23-28-9-5-4-6-10-28)34(38)35-31-11-7-8-12-31/h4-6,9-10,13-18,20-21,25,31-32H,7-8,11-12,19,22-24H2,1-3H3,(H,35,38)/t32-/m0/s1. The summed E-state index contributed by atoms with van der Waals surface area (Å²) in [5.74, 6) is 0.455. The lowest BCUT2D eigenvalue weighted by Crippen LogP contribution is -2.52. The first-order valence-electron chi connectivity index (χ1n) is 14.2. The number of hydrogen-bond acceptors (Lipinski definition) is 2. The number of hydrogen-bond donors (Lipinski definition) is 1. The molecule has 4 heteroatoms. The average Bonchev–Trinajstić information content (AvgIpc) is 3.44. The molecule has 38 heavy (non-hydrogen) atoms. The third-order valence-electron chi connectivity index (χ3n) is 7.72. The van der Waals surface area contributed by atoms with E-state index in [-0.39, 0.29) is 17.9 Å². The molecule has 3 aromatic carbocycles. The van der Waals surface area contributed by atoms with Gasteiger partial charge in [0.2, 0.25) is 11.8 Å². The first kappa shape index (κ1) is 27.6. The van der Waals surface area contributed by atoms with E-state index in [9.17, 15) is 9.59 Å². The average molecular weight is 511 g/mol. The van der Waals surface area contributed by atoms with E-state index >= 15 is 0 Å². The van der Waals surface area contributed by atoms with Crippen LogP contribution in [0.15, 0.2) is 78.9 Å². The Bertz CT molecular complexity index is 1160. The predicted octanol–water partition coefficient (Wildman–Crippen LogP) is 6.75. The topological polar surface area (TPSA) is 49.4 Å². The minimum absolute atomic E-state index is 0.0148. The van der Waals surface area contributed by atoms with Crippen LogP contribution in [0.2, 0.25) is 0 Å². The van der Waals surface area contributed by atoms with Gasteiger partial charge in [0.25, 0.3) is 0 Å². The molecule has 0 aliphatic heterocycles. The van der Waals surface area contributed by atoms with Gasteiger partial charge in [-0.1, -0.05) is 111 Å². The maximum absolute atomic E-state index is 13.9. The molecule has 1 saturated carbocycles. The monoisotopic (exact) mass is 510 g/mol. The number of aryl methyl sites for hydroxylation is 2. The van der Waals surface area contributed by atoms with Crippen LogP contribution >= 0.6 is 0 Å². The van der Waals surface area contributed by atoms with Crippen molar-refractivity contribution in [3.8, 4) is 0 Å². The molecule has 1 atom stereocenters. The smallest absolute Gasteiger partial charge is 0.243 e. The van der Waals surface area contributed by atoms with Gasteiger partial charge in [0.15, 0.2) is 0 Å². The lowest BCUT2D eigenvalue weighted by molar-refractivity contribution is -0.141. The SMILES string of the molecule is Cc1ccc(CN(C(=O)CCc2ccc(C(C)C)cc2)[C@@H](Cc2ccccc2)C(=O)NC2CCCC2)cc1. The summed E-state index contributed by atoms with van der Waals surface area (Å²) in [6.45, 7) is 6.85. The van der Waals surface area contributed by atoms with Crippen molar-refractivity contribution in [2.24, 2.45) is 0 Å². The predicted molar refractivity (Wildman–Crippen MR) is 155 cm³/mol. The number of carbonyl (C=O) groups is 2. The van der Waals surface area contributed by atoms with Gasteiger partial charge >= 0.3 is 0 Å². The maximum Gasteiger partial charge on any atom is 0.243 e. The van der Waals surface area contributed by atoms with Crippen LogP contribution in [0.5, 0.6) is 0 Å². The van der Waals surface area contributed by atoms with Crippen molar-refractivity contribution in [2.75, 3.05) is 0 Å². The first-order chi connectivity index (χ1) is 18.4. The second-order valence-electron chi connectivity index (χ2n) is 11.1. The summed E-state index contributed by atoms with van der Waals surface area (Å²) >= 11 is 0. The summed E-state index contributed by atoms with van der Waals surface area (Å²) < 4.78 is 0. The largest absolute Gasteiger partial charge is 0.352 e. The van der Waals surface area contributed by atoms with Crippen LogP contribution in [0, 0.1) is 6.92 Å². The Kier molecular flexibility index (Phi) is 9.75. The summed E-state index contributed by atoms with van der Waals surface area (Å²) in [6.07, 6.45) is 5.86. The van der Waals surface area contributed by atoms with Crippen LogP contribution in [-0.4, -0.2) is 28.8 Å². The Hall–Kier alpha value is -3.40. The Morgan fingerprint density at radius 1 is 0.842 bits per heavy atom. The highest BCUT2D eigenvalue weighted by molar-refractivity contribution is 5.88. The van der Waals surface area contributed by atoms with Crippen molar-refractivity contribution in [2.45, 2.75) is 90.3 Å². The van der Waals surface area contributed by atoms with Gasteiger partial charge in [0, 0.05) is 25.4 Å². The van der Waals surface area contributed by atoms with Gasteiger partial charge in [0.1, 0.15) is 6.04 Å². The third kappa shape index (κ3) is 7.80. The molecule has 1 N–H and O–H groups in total. The van der Waals surface area contributed by atoms with E-state index in [2.05, 4.69) is 74.6 Å². The Morgan fingerprint density at radius 2 is 1.47 bits per heavy atom. The molecule has 1 aliphatic rings. The van der Waals surface area contributed by atoms with Crippen molar-refractivity contribution in [1.29, 1.82) is 0 Å². The van der Waals surface area contributed by atoms with Crippen LogP contribution in [0.3, 0.4) is 0 Å². The van der Waals surface area contributed by atoms with Crippen molar-refractivity contribution in [1.82, 2.24) is 10.2 Å². The van der Waals surface area contributed by atoms with E-state index in [1.165, 1.54) is 11.1 Å². The Morgan fingerprint density at radius 3 is 2.11 bits per heavy atom. The fraction of sp³-hybridized carbons (Fsp3) is 0.412. The highest BCUT2D eigenvalue weighted by Gasteiger charge is 2.32. The lowest BCUT2D eigenvalue weighted by atomic mass is 9.99. The number of amides is 2. The van der Waals surface area contributed by atoms with Crippen molar-refractivity contribution in [3.63, 3.8) is 0 Å². The fourth-order valence-corrected chi connectivity index (χ4v) is 5.28. The van der Waals surface area contributed by atoms with Gasteiger partial charge in [-0.25, -0.2) is 0 Å². The third-order valence-corrected chi connectivity index (χ3v) is 7.72. The molecule has 1 aliphatic carbocycles. The molecule has 0 radical (unpaired) electrons. The molecule has 3 aromatic rings. The van der Waals surface area contributed by atoms with Crippen LogP contribution in [0.25, 0.3) is 0 Å². The number of nitrogens with one attached hydrogen (secondary N) is 1. The summed E-state index contributed by atoms with van der Waals surface area (Å²) in [5, 5.41) is 3.29. The van der Waals surface area contributed by atoms with Gasteiger partial charge in [-0.15, -0.1) is 0 Å². The second-order valence-corrected chi connectivity index (χ2v) is 11.1. The summed E-state index contributed by atoms with van der Waals surface area (Å²) in [5.41, 5.74) is 5.72. The molecule has 0 unspecified atom stereocenters. The fourth-order valence-electron chi connectivity index (χ4n) is 5.28. The molecule has 200 valence electrons. The molecule has 0 saturated heterocycles. The lowest BCUT2D eigenvalue weighted by Gasteiger charge is -2.32. The second kappa shape index (κ2) is 13.4. The van der Waals surface area contributed by atoms with E-state index in [0.29, 0.717) is 31.7 Å². The van der Waals surface area contributed by atoms with Crippen molar-refractivity contribution < 1.29 is 9.59 Å². The highest BCUT2D eigenvalue weighted by Crippen LogP contribution is 2.21. The van der Waals surface area contributed by atoms with Crippen LogP contribution in [0.1, 0.15) is 79.7 Å². The van der Waals surface area contributed by atoms with Crippen LogP contribution < -0.4 is 5.32 Å². The molecular weight excluding hydrogens is 468 g/mol. The van der Waals surface area contributed by atoms with E-state index in [1.807, 2.05) is 35.2 Å². The highest BCUT2D eigenvalue weighted by atomic mass is 16.2. The number of benzene rings is 3. The van der Waals surface area contributed by atoms with Gasteiger partial charge in [0.05, 0.1) is 0 Å². The van der Waals surface area contributed by atoms with Crippen LogP contribution in [-0.2, 0) is 29.0 Å². The summed E-state index contributed by atoms with van der Waals surface area (Å²) in [4.78, 5) is 29.5. The van der Waals surface area contributed by atoms with Crippen molar-refractivity contribution in [3.05, 3.63) is 107 Å². The van der Waals surface area contributed by atoms with Gasteiger partial charge in [-0.05, 0) is 54.4 Å². The molecule has 0 aromatic heterocycles. The van der Waals surface area contributed by atoms with Gasteiger partial charge in [-0.2, -0.15) is 0 Å². The summed E-state index contributed by atoms with van der Waals surface area (Å²) in [6, 6.07) is 26.5. The molecular formula is C34H42N2O2. The molecule has 4 rings (SSSR count). The van der Waals surface area contributed by atoms with E-state index in [0.717, 1.165) is 42.4 Å². The maximum atomic E-state index is 13.9. The van der Waals surface area contributed by atoms with E-state index in [1.54, 1.807) is 0 Å². The molecule has 0 spiro atoms. The molecule has 0 bridgehead atoms. The Labute approximate surface area is 228 Å². The number of nitrogens with zero attached hydrogens (tertiary/aromatic N) is 1. The zero-order chi connectivity index (χ0) is 26.9. The molecule has 1 fully saturated rings. The minimum Gasteiger partial charge on any atom is -0.352 e. The Balaban J connectivity index is 1.58. The van der Waals surface area contributed by atoms with Gasteiger partial charge in [-0.3, -0.25) is 9.59 Å². The quantitative estimate of drug-likeness (QED) is 0.310. The minimum atomic E-state index is -0.560. The summed E-state index contributed by atoms with van der Waals surface area (Å²) in [7, 11) is 0. The van der Waals surface area contributed by atoms with Crippen molar-refractivity contribution >= 4 is 11.8 Å². The molecule has 4 nitrogen and oxygen atoms in total. The number of carbonyl (C=O) groups excluding carboxylic acids is 2. The molecule has 0 heterocycles.